The number of ether oxygens (including phenoxy) is 1. The minimum Gasteiger partial charge on any atom is -0.477 e. The third kappa shape index (κ3) is 3.41. The number of hydrogen-bond acceptors (Lipinski definition) is 3. The number of nitrogens with zero attached hydrogens (tertiary/aromatic N) is 1. The Labute approximate surface area is 88.7 Å². The largest absolute Gasteiger partial charge is 0.477 e. The number of carboxylic acids is 1. The maximum atomic E-state index is 11.9. The van der Waals surface area contributed by atoms with Gasteiger partial charge in [0.1, 0.15) is 5.56 Å². The molecule has 1 aromatic heterocycles. The van der Waals surface area contributed by atoms with Gasteiger partial charge in [-0.1, -0.05) is 0 Å². The summed E-state index contributed by atoms with van der Waals surface area (Å²) >= 11 is 0. The summed E-state index contributed by atoms with van der Waals surface area (Å²) in [5.41, 5.74) is -0.0166. The second-order valence-corrected chi connectivity index (χ2v) is 3.01. The van der Waals surface area contributed by atoms with Crippen molar-refractivity contribution in [2.45, 2.75) is 13.1 Å². The van der Waals surface area contributed by atoms with E-state index >= 15 is 0 Å². The highest BCUT2D eigenvalue weighted by molar-refractivity contribution is 5.90. The molecule has 0 saturated heterocycles. The molecule has 0 aliphatic heterocycles. The molecule has 0 atom stereocenters. The summed E-state index contributed by atoms with van der Waals surface area (Å²) in [6, 6.07) is 2.53. The van der Waals surface area contributed by atoms with Gasteiger partial charge in [0.15, 0.2) is 6.61 Å². The number of rotatable bonds is 3. The van der Waals surface area contributed by atoms with Crippen LogP contribution in [0.25, 0.3) is 0 Å². The average molecular weight is 235 g/mol. The zero-order chi connectivity index (χ0) is 12.3. The quantitative estimate of drug-likeness (QED) is 0.870. The van der Waals surface area contributed by atoms with E-state index in [0.717, 1.165) is 6.07 Å². The highest BCUT2D eigenvalue weighted by Crippen LogP contribution is 2.20. The molecular weight excluding hydrogens is 227 g/mol. The van der Waals surface area contributed by atoms with Crippen molar-refractivity contribution in [1.82, 2.24) is 4.98 Å². The van der Waals surface area contributed by atoms with Gasteiger partial charge in [-0.2, -0.15) is 13.2 Å². The lowest BCUT2D eigenvalue weighted by Crippen LogP contribution is -2.21. The van der Waals surface area contributed by atoms with Crippen molar-refractivity contribution in [3.63, 3.8) is 0 Å². The van der Waals surface area contributed by atoms with Gasteiger partial charge < -0.3 is 9.84 Å². The monoisotopic (exact) mass is 235 g/mol. The molecule has 0 bridgehead atoms. The zero-order valence-corrected chi connectivity index (χ0v) is 8.21. The van der Waals surface area contributed by atoms with Gasteiger partial charge in [0, 0.05) is 5.69 Å². The van der Waals surface area contributed by atoms with Crippen LogP contribution in [0, 0.1) is 6.92 Å². The molecule has 0 saturated carbocycles. The summed E-state index contributed by atoms with van der Waals surface area (Å²) in [6.07, 6.45) is -4.53. The van der Waals surface area contributed by atoms with E-state index < -0.39 is 30.2 Å². The van der Waals surface area contributed by atoms with Crippen molar-refractivity contribution in [3.05, 3.63) is 23.4 Å². The predicted octanol–water partition coefficient (Wildman–Crippen LogP) is 2.03. The molecular formula is C9H8F3NO3. The fourth-order valence-electron chi connectivity index (χ4n) is 0.956. The van der Waals surface area contributed by atoms with E-state index in [1.165, 1.54) is 13.0 Å². The smallest absolute Gasteiger partial charge is 0.422 e. The van der Waals surface area contributed by atoms with Crippen LogP contribution in [0.3, 0.4) is 0 Å². The van der Waals surface area contributed by atoms with Crippen molar-refractivity contribution in [2.75, 3.05) is 6.61 Å². The molecule has 16 heavy (non-hydrogen) atoms. The van der Waals surface area contributed by atoms with Crippen molar-refractivity contribution < 1.29 is 27.8 Å². The lowest BCUT2D eigenvalue weighted by Gasteiger charge is -2.10. The fourth-order valence-corrected chi connectivity index (χ4v) is 0.956. The zero-order valence-electron chi connectivity index (χ0n) is 8.21. The van der Waals surface area contributed by atoms with Gasteiger partial charge in [-0.15, -0.1) is 0 Å². The van der Waals surface area contributed by atoms with Crippen LogP contribution >= 0.6 is 0 Å². The Morgan fingerprint density at radius 2 is 2.12 bits per heavy atom. The van der Waals surface area contributed by atoms with Crippen molar-refractivity contribution in [1.29, 1.82) is 0 Å². The summed E-state index contributed by atoms with van der Waals surface area (Å²) in [5, 5.41) is 8.68. The van der Waals surface area contributed by atoms with Gasteiger partial charge in [0.05, 0.1) is 0 Å². The Kier molecular flexibility index (Phi) is 3.36. The van der Waals surface area contributed by atoms with Crippen molar-refractivity contribution >= 4 is 5.97 Å². The number of aromatic carboxylic acids is 1. The molecule has 0 aliphatic rings. The Bertz CT molecular complexity index is 403. The molecule has 0 amide bonds. The summed E-state index contributed by atoms with van der Waals surface area (Å²) in [4.78, 5) is 14.3. The van der Waals surface area contributed by atoms with E-state index in [1.54, 1.807) is 0 Å². The van der Waals surface area contributed by atoms with Gasteiger partial charge in [0.25, 0.3) is 0 Å². The first-order valence-corrected chi connectivity index (χ1v) is 4.20. The van der Waals surface area contributed by atoms with Crippen LogP contribution in [0.5, 0.6) is 5.88 Å². The molecule has 0 aromatic carbocycles. The molecule has 0 fully saturated rings. The van der Waals surface area contributed by atoms with Crippen LogP contribution in [0.15, 0.2) is 12.1 Å². The van der Waals surface area contributed by atoms with Gasteiger partial charge in [0.2, 0.25) is 5.88 Å². The van der Waals surface area contributed by atoms with Gasteiger partial charge >= 0.3 is 12.1 Å². The minimum atomic E-state index is -4.53. The SMILES string of the molecule is Cc1ccc(C(=O)O)c(OCC(F)(F)F)n1. The van der Waals surface area contributed by atoms with E-state index in [4.69, 9.17) is 5.11 Å². The fraction of sp³-hybridized carbons (Fsp3) is 0.333. The van der Waals surface area contributed by atoms with Crippen LogP contribution in [0.1, 0.15) is 16.1 Å². The Balaban J connectivity index is 2.93. The van der Waals surface area contributed by atoms with E-state index in [9.17, 15) is 18.0 Å². The van der Waals surface area contributed by atoms with E-state index in [2.05, 4.69) is 9.72 Å². The molecule has 0 aliphatic carbocycles. The van der Waals surface area contributed by atoms with Crippen LogP contribution in [-0.4, -0.2) is 28.8 Å². The van der Waals surface area contributed by atoms with Crippen LogP contribution in [0.4, 0.5) is 13.2 Å². The third-order valence-corrected chi connectivity index (χ3v) is 1.60. The van der Waals surface area contributed by atoms with Crippen LogP contribution in [-0.2, 0) is 0 Å². The molecule has 0 radical (unpaired) electrons. The molecule has 7 heteroatoms. The average Bonchev–Trinajstić information content (AvgIpc) is 2.13. The topological polar surface area (TPSA) is 59.4 Å². The van der Waals surface area contributed by atoms with E-state index in [1.807, 2.05) is 0 Å². The summed E-state index contributed by atoms with van der Waals surface area (Å²) in [5.74, 6) is -1.91. The first kappa shape index (κ1) is 12.3. The second-order valence-electron chi connectivity index (χ2n) is 3.01. The number of aryl methyl sites for hydroxylation is 1. The molecule has 1 heterocycles. The number of alkyl halides is 3. The van der Waals surface area contributed by atoms with E-state index in [-0.39, 0.29) is 0 Å². The lowest BCUT2D eigenvalue weighted by molar-refractivity contribution is -0.154. The Morgan fingerprint density at radius 3 is 2.62 bits per heavy atom. The summed E-state index contributed by atoms with van der Waals surface area (Å²) in [6.45, 7) is -0.0458. The number of aromatic nitrogens is 1. The minimum absolute atomic E-state index is 0.377. The van der Waals surface area contributed by atoms with Crippen molar-refractivity contribution in [3.8, 4) is 5.88 Å². The Morgan fingerprint density at radius 1 is 1.50 bits per heavy atom. The number of carboxylic acid groups (broad SMARTS) is 1. The molecule has 0 spiro atoms. The normalized spacial score (nSPS) is 11.2. The van der Waals surface area contributed by atoms with Crippen LogP contribution < -0.4 is 4.74 Å². The molecule has 88 valence electrons. The maximum Gasteiger partial charge on any atom is 0.422 e. The lowest BCUT2D eigenvalue weighted by atomic mass is 10.2. The number of hydrogen-bond donors (Lipinski definition) is 1. The molecule has 0 unspecified atom stereocenters. The van der Waals surface area contributed by atoms with Gasteiger partial charge in [-0.25, -0.2) is 9.78 Å². The summed E-state index contributed by atoms with van der Waals surface area (Å²) in [7, 11) is 0. The first-order valence-electron chi connectivity index (χ1n) is 4.20. The number of carbonyl (C=O) groups is 1. The highest BCUT2D eigenvalue weighted by Gasteiger charge is 2.29. The first-order chi connectivity index (χ1) is 7.29. The second kappa shape index (κ2) is 4.38. The molecule has 1 N–H and O–H groups in total. The third-order valence-electron chi connectivity index (χ3n) is 1.60. The highest BCUT2D eigenvalue weighted by atomic mass is 19.4. The summed E-state index contributed by atoms with van der Waals surface area (Å²) < 4.78 is 40.0. The molecule has 1 rings (SSSR count). The maximum absolute atomic E-state index is 11.9. The van der Waals surface area contributed by atoms with Crippen LogP contribution in [0.2, 0.25) is 0 Å². The van der Waals surface area contributed by atoms with Gasteiger partial charge in [-0.3, -0.25) is 0 Å². The standard InChI is InChI=1S/C9H8F3NO3/c1-5-2-3-6(8(14)15)7(13-5)16-4-9(10,11)12/h2-3H,4H2,1H3,(H,14,15). The number of pyridine rings is 1. The number of halogens is 3. The molecule has 1 aromatic rings. The molecule has 4 nitrogen and oxygen atoms in total. The predicted molar refractivity (Wildman–Crippen MR) is 47.5 cm³/mol. The Hall–Kier alpha value is -1.79. The van der Waals surface area contributed by atoms with Crippen molar-refractivity contribution in [2.24, 2.45) is 0 Å². The van der Waals surface area contributed by atoms with Gasteiger partial charge in [-0.05, 0) is 19.1 Å². The van der Waals surface area contributed by atoms with E-state index in [0.29, 0.717) is 5.69 Å².